The van der Waals surface area contributed by atoms with E-state index >= 15 is 0 Å². The number of hydrogen-bond acceptors (Lipinski definition) is 2. The van der Waals surface area contributed by atoms with Crippen LogP contribution in [0.3, 0.4) is 0 Å². The average Bonchev–Trinajstić information content (AvgIpc) is 2.39. The molecule has 2 aromatic carbocycles. The summed E-state index contributed by atoms with van der Waals surface area (Å²) >= 11 is 3.43. The lowest BCUT2D eigenvalue weighted by molar-refractivity contribution is 0.416. The van der Waals surface area contributed by atoms with E-state index in [0.29, 0.717) is 0 Å². The van der Waals surface area contributed by atoms with E-state index in [9.17, 15) is 0 Å². The molecule has 2 aromatic rings. The highest BCUT2D eigenvalue weighted by atomic mass is 79.9. The van der Waals surface area contributed by atoms with Gasteiger partial charge >= 0.3 is 0 Å². The van der Waals surface area contributed by atoms with E-state index in [4.69, 9.17) is 4.74 Å². The predicted octanol–water partition coefficient (Wildman–Crippen LogP) is 4.38. The van der Waals surface area contributed by atoms with Crippen LogP contribution >= 0.6 is 15.9 Å². The summed E-state index contributed by atoms with van der Waals surface area (Å²) in [4.78, 5) is 0. The third-order valence-corrected chi connectivity index (χ3v) is 3.28. The van der Waals surface area contributed by atoms with Gasteiger partial charge in [-0.05, 0) is 42.3 Å². The van der Waals surface area contributed by atoms with Crippen molar-refractivity contribution in [3.63, 3.8) is 0 Å². The number of benzene rings is 2. The molecule has 2 nitrogen and oxygen atoms in total. The molecule has 0 saturated carbocycles. The number of aryl methyl sites for hydroxylation is 1. The van der Waals surface area contributed by atoms with Crippen molar-refractivity contribution in [2.45, 2.75) is 13.5 Å². The molecule has 3 heteroatoms. The van der Waals surface area contributed by atoms with E-state index in [1.165, 1.54) is 11.1 Å². The summed E-state index contributed by atoms with van der Waals surface area (Å²) in [7, 11) is 1.69. The van der Waals surface area contributed by atoms with Crippen LogP contribution in [0.2, 0.25) is 0 Å². The van der Waals surface area contributed by atoms with Crippen LogP contribution in [0.15, 0.2) is 46.9 Å². The van der Waals surface area contributed by atoms with Crippen molar-refractivity contribution in [1.82, 2.24) is 0 Å². The SMILES string of the molecule is COc1cc(C)ccc1NCc1ccc(Br)cc1. The smallest absolute Gasteiger partial charge is 0.142 e. The highest BCUT2D eigenvalue weighted by molar-refractivity contribution is 9.10. The second-order valence-corrected chi connectivity index (χ2v) is 5.10. The van der Waals surface area contributed by atoms with E-state index in [1.54, 1.807) is 7.11 Å². The van der Waals surface area contributed by atoms with Gasteiger partial charge in [-0.3, -0.25) is 0 Å². The van der Waals surface area contributed by atoms with Crippen molar-refractivity contribution in [1.29, 1.82) is 0 Å². The first-order chi connectivity index (χ1) is 8.69. The first-order valence-corrected chi connectivity index (χ1v) is 6.61. The van der Waals surface area contributed by atoms with E-state index < -0.39 is 0 Å². The Hall–Kier alpha value is -1.48. The molecule has 0 aliphatic carbocycles. The number of rotatable bonds is 4. The molecule has 0 spiro atoms. The molecule has 0 aliphatic rings. The van der Waals surface area contributed by atoms with Gasteiger partial charge < -0.3 is 10.1 Å². The monoisotopic (exact) mass is 305 g/mol. The van der Waals surface area contributed by atoms with Gasteiger partial charge in [-0.2, -0.15) is 0 Å². The summed E-state index contributed by atoms with van der Waals surface area (Å²) < 4.78 is 6.46. The van der Waals surface area contributed by atoms with Crippen LogP contribution in [-0.4, -0.2) is 7.11 Å². The molecule has 0 fully saturated rings. The molecule has 2 rings (SSSR count). The van der Waals surface area contributed by atoms with Gasteiger partial charge in [-0.1, -0.05) is 34.1 Å². The third kappa shape index (κ3) is 3.26. The van der Waals surface area contributed by atoms with E-state index in [0.717, 1.165) is 22.5 Å². The van der Waals surface area contributed by atoms with Crippen LogP contribution in [0.25, 0.3) is 0 Å². The number of anilines is 1. The minimum atomic E-state index is 0.784. The van der Waals surface area contributed by atoms with Crippen molar-refractivity contribution in [3.05, 3.63) is 58.1 Å². The Balaban J connectivity index is 2.08. The fourth-order valence-corrected chi connectivity index (χ4v) is 2.01. The summed E-state index contributed by atoms with van der Waals surface area (Å²) in [5, 5.41) is 3.39. The fraction of sp³-hybridized carbons (Fsp3) is 0.200. The molecule has 0 aromatic heterocycles. The Morgan fingerprint density at radius 1 is 1.11 bits per heavy atom. The number of hydrogen-bond donors (Lipinski definition) is 1. The van der Waals surface area contributed by atoms with Crippen molar-refractivity contribution in [3.8, 4) is 5.75 Å². The first-order valence-electron chi connectivity index (χ1n) is 5.82. The quantitative estimate of drug-likeness (QED) is 0.905. The Bertz CT molecular complexity index is 523. The molecule has 0 bridgehead atoms. The fourth-order valence-electron chi connectivity index (χ4n) is 1.74. The summed E-state index contributed by atoms with van der Waals surface area (Å²) in [5.74, 6) is 0.882. The van der Waals surface area contributed by atoms with Crippen molar-refractivity contribution in [2.75, 3.05) is 12.4 Å². The van der Waals surface area contributed by atoms with Gasteiger partial charge in [-0.15, -0.1) is 0 Å². The number of methoxy groups -OCH3 is 1. The zero-order chi connectivity index (χ0) is 13.0. The van der Waals surface area contributed by atoms with Crippen molar-refractivity contribution >= 4 is 21.6 Å². The first kappa shape index (κ1) is 13.0. The number of nitrogens with one attached hydrogen (secondary N) is 1. The molecule has 0 saturated heterocycles. The Kier molecular flexibility index (Phi) is 4.26. The van der Waals surface area contributed by atoms with Gasteiger partial charge in [0.2, 0.25) is 0 Å². The molecule has 1 N–H and O–H groups in total. The van der Waals surface area contributed by atoms with Crippen LogP contribution in [-0.2, 0) is 6.54 Å². The summed E-state index contributed by atoms with van der Waals surface area (Å²) in [6.45, 7) is 2.84. The predicted molar refractivity (Wildman–Crippen MR) is 79.2 cm³/mol. The van der Waals surface area contributed by atoms with Crippen LogP contribution in [0, 0.1) is 6.92 Å². The van der Waals surface area contributed by atoms with Gasteiger partial charge in [0.15, 0.2) is 0 Å². The summed E-state index contributed by atoms with van der Waals surface area (Å²) in [6.07, 6.45) is 0. The van der Waals surface area contributed by atoms with Gasteiger partial charge in [0, 0.05) is 11.0 Å². The summed E-state index contributed by atoms with van der Waals surface area (Å²) in [6, 6.07) is 14.4. The molecule has 0 atom stereocenters. The lowest BCUT2D eigenvalue weighted by atomic mass is 10.2. The standard InChI is InChI=1S/C15H16BrNO/c1-11-3-8-14(15(9-11)18-2)17-10-12-4-6-13(16)7-5-12/h3-9,17H,10H2,1-2H3. The zero-order valence-electron chi connectivity index (χ0n) is 10.5. The maximum Gasteiger partial charge on any atom is 0.142 e. The Morgan fingerprint density at radius 2 is 1.83 bits per heavy atom. The molecule has 0 unspecified atom stereocenters. The lowest BCUT2D eigenvalue weighted by Gasteiger charge is -2.12. The second-order valence-electron chi connectivity index (χ2n) is 4.18. The maximum atomic E-state index is 5.36. The highest BCUT2D eigenvalue weighted by Crippen LogP contribution is 2.25. The topological polar surface area (TPSA) is 21.3 Å². The Morgan fingerprint density at radius 3 is 2.50 bits per heavy atom. The van der Waals surface area contributed by atoms with Crippen molar-refractivity contribution < 1.29 is 4.74 Å². The minimum absolute atomic E-state index is 0.784. The molecular weight excluding hydrogens is 290 g/mol. The van der Waals surface area contributed by atoms with Gasteiger partial charge in [-0.25, -0.2) is 0 Å². The van der Waals surface area contributed by atoms with Crippen LogP contribution in [0.5, 0.6) is 5.75 Å². The van der Waals surface area contributed by atoms with Crippen LogP contribution < -0.4 is 10.1 Å². The van der Waals surface area contributed by atoms with Crippen LogP contribution in [0.1, 0.15) is 11.1 Å². The molecule has 94 valence electrons. The Labute approximate surface area is 116 Å². The van der Waals surface area contributed by atoms with E-state index in [-0.39, 0.29) is 0 Å². The van der Waals surface area contributed by atoms with Gasteiger partial charge in [0.25, 0.3) is 0 Å². The highest BCUT2D eigenvalue weighted by Gasteiger charge is 2.02. The average molecular weight is 306 g/mol. The molecule has 0 heterocycles. The molecular formula is C15H16BrNO. The second kappa shape index (κ2) is 5.91. The number of ether oxygens (including phenoxy) is 1. The number of halogens is 1. The van der Waals surface area contributed by atoms with Crippen LogP contribution in [0.4, 0.5) is 5.69 Å². The molecule has 0 aliphatic heterocycles. The molecule has 0 radical (unpaired) electrons. The normalized spacial score (nSPS) is 10.2. The van der Waals surface area contributed by atoms with E-state index in [2.05, 4.69) is 46.4 Å². The summed E-state index contributed by atoms with van der Waals surface area (Å²) in [5.41, 5.74) is 3.45. The molecule has 0 amide bonds. The molecule has 18 heavy (non-hydrogen) atoms. The largest absolute Gasteiger partial charge is 0.495 e. The lowest BCUT2D eigenvalue weighted by Crippen LogP contribution is -2.01. The maximum absolute atomic E-state index is 5.36. The van der Waals surface area contributed by atoms with Crippen molar-refractivity contribution in [2.24, 2.45) is 0 Å². The third-order valence-electron chi connectivity index (χ3n) is 2.75. The van der Waals surface area contributed by atoms with Gasteiger partial charge in [0.05, 0.1) is 12.8 Å². The van der Waals surface area contributed by atoms with Gasteiger partial charge in [0.1, 0.15) is 5.75 Å². The van der Waals surface area contributed by atoms with E-state index in [1.807, 2.05) is 24.3 Å². The zero-order valence-corrected chi connectivity index (χ0v) is 12.1. The minimum Gasteiger partial charge on any atom is -0.495 e.